The van der Waals surface area contributed by atoms with E-state index >= 15 is 0 Å². The van der Waals surface area contributed by atoms with Crippen molar-refractivity contribution in [3.8, 4) is 11.5 Å². The summed E-state index contributed by atoms with van der Waals surface area (Å²) in [4.78, 5) is 11.8. The summed E-state index contributed by atoms with van der Waals surface area (Å²) in [5.74, 6) is 1.27. The predicted octanol–water partition coefficient (Wildman–Crippen LogP) is 1.90. The maximum atomic E-state index is 11.8. The molecular weight excluding hydrogens is 300 g/mol. The molecular formula is C16H26N2O5. The van der Waals surface area contributed by atoms with Crippen molar-refractivity contribution in [1.82, 2.24) is 10.6 Å². The topological polar surface area (TPSA) is 78.1 Å². The average molecular weight is 326 g/mol. The van der Waals surface area contributed by atoms with Crippen LogP contribution in [0.15, 0.2) is 18.2 Å². The van der Waals surface area contributed by atoms with Crippen molar-refractivity contribution in [3.63, 3.8) is 0 Å². The maximum Gasteiger partial charge on any atom is 0.315 e. The van der Waals surface area contributed by atoms with E-state index in [4.69, 9.17) is 18.9 Å². The Morgan fingerprint density at radius 2 is 1.70 bits per heavy atom. The maximum absolute atomic E-state index is 11.8. The number of urea groups is 1. The number of methoxy groups -OCH3 is 2. The Kier molecular flexibility index (Phi) is 8.86. The fourth-order valence-electron chi connectivity index (χ4n) is 1.95. The summed E-state index contributed by atoms with van der Waals surface area (Å²) in [7, 11) is 3.15. The van der Waals surface area contributed by atoms with Crippen molar-refractivity contribution in [2.45, 2.75) is 26.7 Å². The van der Waals surface area contributed by atoms with Crippen LogP contribution in [0.3, 0.4) is 0 Å². The number of hydrogen-bond donors (Lipinski definition) is 2. The predicted molar refractivity (Wildman–Crippen MR) is 86.8 cm³/mol. The molecule has 0 bridgehead atoms. The Hall–Kier alpha value is -1.99. The van der Waals surface area contributed by atoms with Gasteiger partial charge in [-0.2, -0.15) is 0 Å². The summed E-state index contributed by atoms with van der Waals surface area (Å²) in [5, 5.41) is 5.49. The van der Waals surface area contributed by atoms with Crippen LogP contribution in [-0.4, -0.2) is 46.3 Å². The normalized spacial score (nSPS) is 10.5. The fourth-order valence-corrected chi connectivity index (χ4v) is 1.95. The van der Waals surface area contributed by atoms with Crippen molar-refractivity contribution in [2.24, 2.45) is 0 Å². The smallest absolute Gasteiger partial charge is 0.315 e. The highest BCUT2D eigenvalue weighted by Gasteiger charge is 2.10. The molecule has 1 aromatic rings. The molecule has 0 radical (unpaired) electrons. The average Bonchev–Trinajstić information content (AvgIpc) is 2.57. The van der Waals surface area contributed by atoms with Gasteiger partial charge in [0, 0.05) is 19.8 Å². The molecule has 1 aromatic carbocycles. The second-order valence-electron chi connectivity index (χ2n) is 4.59. The Balaban J connectivity index is 2.43. The van der Waals surface area contributed by atoms with Crippen LogP contribution >= 0.6 is 0 Å². The lowest BCUT2D eigenvalue weighted by molar-refractivity contribution is -0.131. The summed E-state index contributed by atoms with van der Waals surface area (Å²) in [6.45, 7) is 5.48. The molecule has 0 unspecified atom stereocenters. The van der Waals surface area contributed by atoms with E-state index in [0.29, 0.717) is 37.8 Å². The summed E-state index contributed by atoms with van der Waals surface area (Å²) in [6.07, 6.45) is -0.433. The van der Waals surface area contributed by atoms with E-state index in [1.165, 1.54) is 0 Å². The molecule has 1 rings (SSSR count). The fraction of sp³-hybridized carbons (Fsp3) is 0.562. The van der Waals surface area contributed by atoms with Gasteiger partial charge in [-0.05, 0) is 31.5 Å². The van der Waals surface area contributed by atoms with Crippen LogP contribution in [-0.2, 0) is 16.0 Å². The lowest BCUT2D eigenvalue weighted by atomic mass is 10.2. The van der Waals surface area contributed by atoms with Crippen LogP contribution in [0.4, 0.5) is 4.79 Å². The van der Waals surface area contributed by atoms with Gasteiger partial charge in [0.15, 0.2) is 17.8 Å². The number of nitrogens with one attached hydrogen (secondary N) is 2. The molecule has 0 aliphatic heterocycles. The molecule has 2 N–H and O–H groups in total. The van der Waals surface area contributed by atoms with E-state index < -0.39 is 6.29 Å². The van der Waals surface area contributed by atoms with Crippen molar-refractivity contribution < 1.29 is 23.7 Å². The summed E-state index contributed by atoms with van der Waals surface area (Å²) in [6, 6.07) is 5.20. The molecule has 0 fully saturated rings. The monoisotopic (exact) mass is 326 g/mol. The number of ether oxygens (including phenoxy) is 4. The van der Waals surface area contributed by atoms with Crippen molar-refractivity contribution in [1.29, 1.82) is 0 Å². The quantitative estimate of drug-likeness (QED) is 0.642. The van der Waals surface area contributed by atoms with Gasteiger partial charge < -0.3 is 29.6 Å². The Bertz CT molecular complexity index is 476. The molecule has 0 aliphatic rings. The Morgan fingerprint density at radius 1 is 1.04 bits per heavy atom. The first-order valence-electron chi connectivity index (χ1n) is 7.60. The zero-order chi connectivity index (χ0) is 17.1. The summed E-state index contributed by atoms with van der Waals surface area (Å²) in [5.41, 5.74) is 0.906. The molecule has 23 heavy (non-hydrogen) atoms. The van der Waals surface area contributed by atoms with Crippen LogP contribution in [0.5, 0.6) is 11.5 Å². The highest BCUT2D eigenvalue weighted by atomic mass is 16.7. The van der Waals surface area contributed by atoms with E-state index in [9.17, 15) is 4.79 Å². The molecule has 7 nitrogen and oxygen atoms in total. The lowest BCUT2D eigenvalue weighted by Gasteiger charge is -2.17. The van der Waals surface area contributed by atoms with Gasteiger partial charge in [-0.3, -0.25) is 0 Å². The number of benzene rings is 1. The van der Waals surface area contributed by atoms with E-state index in [1.54, 1.807) is 20.3 Å². The largest absolute Gasteiger partial charge is 0.493 e. The number of amides is 2. The number of carbonyl (C=O) groups excluding carboxylic acids is 1. The molecule has 2 amide bonds. The van der Waals surface area contributed by atoms with Crippen LogP contribution in [0, 0.1) is 0 Å². The van der Waals surface area contributed by atoms with Gasteiger partial charge in [-0.15, -0.1) is 0 Å². The first-order valence-corrected chi connectivity index (χ1v) is 7.60. The van der Waals surface area contributed by atoms with E-state index in [1.807, 2.05) is 26.0 Å². The van der Waals surface area contributed by atoms with Crippen molar-refractivity contribution in [3.05, 3.63) is 23.8 Å². The zero-order valence-electron chi connectivity index (χ0n) is 14.2. The number of rotatable bonds is 10. The third-order valence-electron chi connectivity index (χ3n) is 3.04. The first kappa shape index (κ1) is 19.1. The summed E-state index contributed by atoms with van der Waals surface area (Å²) < 4.78 is 21.1. The number of carbonyl (C=O) groups is 1. The zero-order valence-corrected chi connectivity index (χ0v) is 14.2. The van der Waals surface area contributed by atoms with Gasteiger partial charge in [-0.25, -0.2) is 4.79 Å². The summed E-state index contributed by atoms with van der Waals surface area (Å²) >= 11 is 0. The molecule has 130 valence electrons. The SMILES string of the molecule is CCOC(CNC(=O)NCc1ccc(OC)c(OC)c1)OCC. The van der Waals surface area contributed by atoms with Crippen LogP contribution in [0.2, 0.25) is 0 Å². The number of hydrogen-bond acceptors (Lipinski definition) is 5. The van der Waals surface area contributed by atoms with E-state index in [2.05, 4.69) is 10.6 Å². The minimum Gasteiger partial charge on any atom is -0.493 e. The van der Waals surface area contributed by atoms with Gasteiger partial charge in [-0.1, -0.05) is 6.07 Å². The molecule has 0 heterocycles. The van der Waals surface area contributed by atoms with Crippen molar-refractivity contribution >= 4 is 6.03 Å². The van der Waals surface area contributed by atoms with Crippen molar-refractivity contribution in [2.75, 3.05) is 34.0 Å². The van der Waals surface area contributed by atoms with Gasteiger partial charge in [0.25, 0.3) is 0 Å². The standard InChI is InChI=1S/C16H26N2O5/c1-5-22-15(23-6-2)11-18-16(19)17-10-12-7-8-13(20-3)14(9-12)21-4/h7-9,15H,5-6,10-11H2,1-4H3,(H2,17,18,19). The third kappa shape index (κ3) is 6.75. The minimum absolute atomic E-state index is 0.288. The van der Waals surface area contributed by atoms with Crippen LogP contribution in [0.1, 0.15) is 19.4 Å². The van der Waals surface area contributed by atoms with Crippen LogP contribution in [0.25, 0.3) is 0 Å². The van der Waals surface area contributed by atoms with E-state index in [-0.39, 0.29) is 6.03 Å². The Labute approximate surface area is 137 Å². The van der Waals surface area contributed by atoms with Gasteiger partial charge in [0.1, 0.15) is 0 Å². The molecule has 0 spiro atoms. The van der Waals surface area contributed by atoms with E-state index in [0.717, 1.165) is 5.56 Å². The van der Waals surface area contributed by atoms with Crippen LogP contribution < -0.4 is 20.1 Å². The van der Waals surface area contributed by atoms with Gasteiger partial charge >= 0.3 is 6.03 Å². The molecule has 0 saturated carbocycles. The molecule has 0 aromatic heterocycles. The second-order valence-corrected chi connectivity index (χ2v) is 4.59. The highest BCUT2D eigenvalue weighted by molar-refractivity contribution is 5.73. The molecule has 7 heteroatoms. The Morgan fingerprint density at radius 3 is 2.26 bits per heavy atom. The lowest BCUT2D eigenvalue weighted by Crippen LogP contribution is -2.41. The van der Waals surface area contributed by atoms with Gasteiger partial charge in [0.05, 0.1) is 20.8 Å². The molecule has 0 aliphatic carbocycles. The molecule has 0 saturated heterocycles. The highest BCUT2D eigenvalue weighted by Crippen LogP contribution is 2.27. The second kappa shape index (κ2) is 10.7. The first-order chi connectivity index (χ1) is 11.1. The third-order valence-corrected chi connectivity index (χ3v) is 3.04. The molecule has 0 atom stereocenters. The minimum atomic E-state index is -0.433. The van der Waals surface area contributed by atoms with Gasteiger partial charge in [0.2, 0.25) is 0 Å².